The van der Waals surface area contributed by atoms with Gasteiger partial charge in [0.1, 0.15) is 0 Å². The molecule has 0 spiro atoms. The van der Waals surface area contributed by atoms with Crippen molar-refractivity contribution in [1.82, 2.24) is 5.32 Å². The minimum Gasteiger partial charge on any atom is -0.314 e. The van der Waals surface area contributed by atoms with Crippen molar-refractivity contribution in [2.24, 2.45) is 5.92 Å². The van der Waals surface area contributed by atoms with Crippen LogP contribution in [-0.4, -0.2) is 13.1 Å². The van der Waals surface area contributed by atoms with Crippen LogP contribution in [0, 0.1) is 17.8 Å². The topological polar surface area (TPSA) is 12.0 Å². The van der Waals surface area contributed by atoms with Crippen LogP contribution in [0.15, 0.2) is 24.3 Å². The van der Waals surface area contributed by atoms with Gasteiger partial charge in [-0.05, 0) is 29.9 Å². The van der Waals surface area contributed by atoms with Gasteiger partial charge in [-0.2, -0.15) is 0 Å². The molecule has 0 aromatic heterocycles. The van der Waals surface area contributed by atoms with Gasteiger partial charge in [0, 0.05) is 25.4 Å². The Bertz CT molecular complexity index is 413. The highest BCUT2D eigenvalue weighted by atomic mass is 14.9. The van der Waals surface area contributed by atoms with Crippen LogP contribution < -0.4 is 5.32 Å². The molecule has 1 N–H and O–H groups in total. The number of nitrogens with one attached hydrogen (secondary N) is 1. The van der Waals surface area contributed by atoms with Gasteiger partial charge in [0.15, 0.2) is 0 Å². The lowest BCUT2D eigenvalue weighted by atomic mass is 10.0. The Morgan fingerprint density at radius 2 is 1.88 bits per heavy atom. The molecule has 1 saturated carbocycles. The Morgan fingerprint density at radius 3 is 2.44 bits per heavy atom. The summed E-state index contributed by atoms with van der Waals surface area (Å²) in [5.41, 5.74) is 2.86. The van der Waals surface area contributed by atoms with Gasteiger partial charge in [-0.15, -0.1) is 0 Å². The van der Waals surface area contributed by atoms with E-state index >= 15 is 0 Å². The molecule has 3 rings (SSSR count). The fraction of sp³-hybridized carbons (Fsp3) is 0.467. The maximum absolute atomic E-state index is 3.30. The first-order valence-corrected chi connectivity index (χ1v) is 6.20. The SMILES string of the molecule is C(#CC1CNC1)Cc1ccc(C2CC2)cc1. The molecular weight excluding hydrogens is 194 g/mol. The molecule has 16 heavy (non-hydrogen) atoms. The molecule has 1 aliphatic carbocycles. The van der Waals surface area contributed by atoms with Crippen molar-refractivity contribution in [2.75, 3.05) is 13.1 Å². The molecule has 1 aromatic carbocycles. The fourth-order valence-corrected chi connectivity index (χ4v) is 2.01. The Morgan fingerprint density at radius 1 is 1.12 bits per heavy atom. The van der Waals surface area contributed by atoms with Crippen molar-refractivity contribution in [3.8, 4) is 11.8 Å². The molecule has 1 saturated heterocycles. The summed E-state index contributed by atoms with van der Waals surface area (Å²) in [6.45, 7) is 2.15. The summed E-state index contributed by atoms with van der Waals surface area (Å²) in [7, 11) is 0. The molecule has 1 aromatic rings. The van der Waals surface area contributed by atoms with E-state index < -0.39 is 0 Å². The summed E-state index contributed by atoms with van der Waals surface area (Å²) in [5.74, 6) is 8.05. The van der Waals surface area contributed by atoms with E-state index in [-0.39, 0.29) is 0 Å². The molecule has 1 aliphatic heterocycles. The highest BCUT2D eigenvalue weighted by Gasteiger charge is 2.22. The monoisotopic (exact) mass is 211 g/mol. The summed E-state index contributed by atoms with van der Waals surface area (Å²) < 4.78 is 0. The third-order valence-electron chi connectivity index (χ3n) is 3.41. The molecule has 0 amide bonds. The van der Waals surface area contributed by atoms with Crippen LogP contribution in [0.25, 0.3) is 0 Å². The van der Waals surface area contributed by atoms with E-state index in [0.717, 1.165) is 25.4 Å². The lowest BCUT2D eigenvalue weighted by Gasteiger charge is -2.21. The van der Waals surface area contributed by atoms with Gasteiger partial charge in [-0.1, -0.05) is 36.1 Å². The minimum absolute atomic E-state index is 0.603. The van der Waals surface area contributed by atoms with Crippen molar-refractivity contribution in [3.63, 3.8) is 0 Å². The summed E-state index contributed by atoms with van der Waals surface area (Å²) in [4.78, 5) is 0. The molecule has 2 aliphatic rings. The first-order chi connectivity index (χ1) is 7.92. The number of benzene rings is 1. The Labute approximate surface area is 97.3 Å². The molecular formula is C15H17N. The normalized spacial score (nSPS) is 19.8. The third kappa shape index (κ3) is 2.28. The van der Waals surface area contributed by atoms with Crippen LogP contribution in [0.5, 0.6) is 0 Å². The van der Waals surface area contributed by atoms with Crippen LogP contribution in [-0.2, 0) is 6.42 Å². The Kier molecular flexibility index (Phi) is 2.68. The molecule has 1 nitrogen and oxygen atoms in total. The van der Waals surface area contributed by atoms with Gasteiger partial charge >= 0.3 is 0 Å². The molecule has 1 heteroatoms. The number of rotatable bonds is 2. The predicted octanol–water partition coefficient (Wildman–Crippen LogP) is 2.33. The zero-order valence-corrected chi connectivity index (χ0v) is 9.50. The highest BCUT2D eigenvalue weighted by Crippen LogP contribution is 2.39. The first kappa shape index (κ1) is 9.93. The van der Waals surface area contributed by atoms with E-state index in [1.807, 2.05) is 0 Å². The zero-order chi connectivity index (χ0) is 10.8. The van der Waals surface area contributed by atoms with Gasteiger partial charge in [0.25, 0.3) is 0 Å². The average molecular weight is 211 g/mol. The van der Waals surface area contributed by atoms with Crippen molar-refractivity contribution >= 4 is 0 Å². The molecule has 2 fully saturated rings. The van der Waals surface area contributed by atoms with Gasteiger partial charge in [0.2, 0.25) is 0 Å². The second-order valence-corrected chi connectivity index (χ2v) is 4.87. The predicted molar refractivity (Wildman–Crippen MR) is 66.3 cm³/mol. The third-order valence-corrected chi connectivity index (χ3v) is 3.41. The Balaban J connectivity index is 1.58. The van der Waals surface area contributed by atoms with E-state index in [1.54, 1.807) is 0 Å². The number of hydrogen-bond acceptors (Lipinski definition) is 1. The van der Waals surface area contributed by atoms with Crippen LogP contribution in [0.1, 0.15) is 29.9 Å². The second kappa shape index (κ2) is 4.31. The van der Waals surface area contributed by atoms with Crippen LogP contribution >= 0.6 is 0 Å². The first-order valence-electron chi connectivity index (χ1n) is 6.20. The molecule has 0 unspecified atom stereocenters. The zero-order valence-electron chi connectivity index (χ0n) is 9.50. The van der Waals surface area contributed by atoms with Crippen LogP contribution in [0.2, 0.25) is 0 Å². The van der Waals surface area contributed by atoms with E-state index in [9.17, 15) is 0 Å². The van der Waals surface area contributed by atoms with Gasteiger partial charge in [0.05, 0.1) is 0 Å². The largest absolute Gasteiger partial charge is 0.314 e. The van der Waals surface area contributed by atoms with Gasteiger partial charge in [-0.25, -0.2) is 0 Å². The van der Waals surface area contributed by atoms with E-state index in [0.29, 0.717) is 5.92 Å². The maximum Gasteiger partial charge on any atom is 0.0452 e. The van der Waals surface area contributed by atoms with Gasteiger partial charge < -0.3 is 5.32 Å². The lowest BCUT2D eigenvalue weighted by molar-refractivity contribution is 0.432. The summed E-state index contributed by atoms with van der Waals surface area (Å²) in [6, 6.07) is 9.03. The smallest absolute Gasteiger partial charge is 0.0452 e. The summed E-state index contributed by atoms with van der Waals surface area (Å²) in [5, 5.41) is 3.23. The fourth-order valence-electron chi connectivity index (χ4n) is 2.01. The number of hydrogen-bond donors (Lipinski definition) is 1. The molecule has 0 radical (unpaired) electrons. The molecule has 0 atom stereocenters. The van der Waals surface area contributed by atoms with Crippen molar-refractivity contribution < 1.29 is 0 Å². The molecule has 82 valence electrons. The van der Waals surface area contributed by atoms with Crippen LogP contribution in [0.3, 0.4) is 0 Å². The second-order valence-electron chi connectivity index (χ2n) is 4.87. The average Bonchev–Trinajstić information content (AvgIpc) is 3.06. The minimum atomic E-state index is 0.603. The van der Waals surface area contributed by atoms with Crippen molar-refractivity contribution in [2.45, 2.75) is 25.2 Å². The maximum atomic E-state index is 3.30. The molecule has 1 heterocycles. The van der Waals surface area contributed by atoms with Gasteiger partial charge in [-0.3, -0.25) is 0 Å². The highest BCUT2D eigenvalue weighted by molar-refractivity contribution is 5.30. The van der Waals surface area contributed by atoms with E-state index in [2.05, 4.69) is 41.4 Å². The van der Waals surface area contributed by atoms with E-state index in [4.69, 9.17) is 0 Å². The van der Waals surface area contributed by atoms with Crippen molar-refractivity contribution in [1.29, 1.82) is 0 Å². The standard InChI is InChI=1S/C15H17N/c1(3-13-10-16-11-13)2-12-4-6-14(7-5-12)15-8-9-15/h4-7,13,15-16H,2,8-11H2. The lowest BCUT2D eigenvalue weighted by Crippen LogP contribution is -2.40. The molecule has 0 bridgehead atoms. The quantitative estimate of drug-likeness (QED) is 0.740. The van der Waals surface area contributed by atoms with Crippen LogP contribution in [0.4, 0.5) is 0 Å². The summed E-state index contributed by atoms with van der Waals surface area (Å²) in [6.07, 6.45) is 3.67. The van der Waals surface area contributed by atoms with Crippen molar-refractivity contribution in [3.05, 3.63) is 35.4 Å². The summed E-state index contributed by atoms with van der Waals surface area (Å²) >= 11 is 0. The van der Waals surface area contributed by atoms with E-state index in [1.165, 1.54) is 24.0 Å². The Hall–Kier alpha value is -1.26.